The van der Waals surface area contributed by atoms with E-state index in [0.717, 1.165) is 11.1 Å². The first-order valence-electron chi connectivity index (χ1n) is 12.1. The standard InChI is InChI=1S/C28H29N3O5/c32-17-25-27-23(14-21(35-25)15-26(33)29-16-18-7-3-1-4-8-18)22-13-20(11-12-24(22)36-27)31-28(34)30-19-9-5-2-6-10-19/h1-13,21,23,25,27,32H,14-17H2,(H,29,33)(H2,30,31,34)/t21-,23-,25+,27+/m0/s1. The summed E-state index contributed by atoms with van der Waals surface area (Å²) in [7, 11) is 0. The minimum absolute atomic E-state index is 0.0586. The average molecular weight is 488 g/mol. The summed E-state index contributed by atoms with van der Waals surface area (Å²) < 4.78 is 12.2. The lowest BCUT2D eigenvalue weighted by Gasteiger charge is -2.37. The van der Waals surface area contributed by atoms with Crippen molar-refractivity contribution in [2.75, 3.05) is 17.2 Å². The monoisotopic (exact) mass is 487 g/mol. The molecule has 36 heavy (non-hydrogen) atoms. The molecule has 4 N–H and O–H groups in total. The second-order valence-electron chi connectivity index (χ2n) is 9.07. The number of aliphatic hydroxyl groups is 1. The van der Waals surface area contributed by atoms with Crippen LogP contribution in [0.1, 0.15) is 29.9 Å². The number of ether oxygens (including phenoxy) is 2. The van der Waals surface area contributed by atoms with Gasteiger partial charge in [0.05, 0.1) is 19.1 Å². The Morgan fingerprint density at radius 1 is 0.917 bits per heavy atom. The van der Waals surface area contributed by atoms with Crippen molar-refractivity contribution < 1.29 is 24.2 Å². The van der Waals surface area contributed by atoms with E-state index in [4.69, 9.17) is 9.47 Å². The Kier molecular flexibility index (Phi) is 7.16. The molecule has 0 saturated carbocycles. The summed E-state index contributed by atoms with van der Waals surface area (Å²) in [5.41, 5.74) is 3.30. The van der Waals surface area contributed by atoms with Gasteiger partial charge in [0.15, 0.2) is 0 Å². The molecule has 2 aliphatic heterocycles. The number of hydrogen-bond donors (Lipinski definition) is 4. The topological polar surface area (TPSA) is 109 Å². The van der Waals surface area contributed by atoms with Gasteiger partial charge < -0.3 is 30.5 Å². The molecular weight excluding hydrogens is 458 g/mol. The third-order valence-electron chi connectivity index (χ3n) is 6.53. The maximum Gasteiger partial charge on any atom is 0.323 e. The van der Waals surface area contributed by atoms with E-state index in [-0.39, 0.29) is 43.1 Å². The average Bonchev–Trinajstić information content (AvgIpc) is 3.26. The normalized spacial score (nSPS) is 22.0. The van der Waals surface area contributed by atoms with E-state index in [1.165, 1.54) is 0 Å². The number of para-hydroxylation sites is 1. The van der Waals surface area contributed by atoms with Gasteiger partial charge in [-0.2, -0.15) is 0 Å². The molecule has 1 saturated heterocycles. The Labute approximate surface area is 209 Å². The van der Waals surface area contributed by atoms with Gasteiger partial charge >= 0.3 is 6.03 Å². The zero-order chi connectivity index (χ0) is 24.9. The molecule has 0 spiro atoms. The maximum absolute atomic E-state index is 12.6. The van der Waals surface area contributed by atoms with Crippen molar-refractivity contribution in [1.29, 1.82) is 0 Å². The predicted octanol–water partition coefficient (Wildman–Crippen LogP) is 4.03. The summed E-state index contributed by atoms with van der Waals surface area (Å²) in [6.45, 7) is 0.246. The molecule has 2 heterocycles. The fraction of sp³-hybridized carbons (Fsp3) is 0.286. The lowest BCUT2D eigenvalue weighted by atomic mass is 9.84. The van der Waals surface area contributed by atoms with Gasteiger partial charge in [-0.05, 0) is 42.3 Å². The van der Waals surface area contributed by atoms with Crippen LogP contribution in [0.2, 0.25) is 0 Å². The number of nitrogens with one attached hydrogen (secondary N) is 3. The van der Waals surface area contributed by atoms with Crippen LogP contribution in [-0.4, -0.2) is 42.0 Å². The molecule has 0 aromatic heterocycles. The highest BCUT2D eigenvalue weighted by Crippen LogP contribution is 2.47. The zero-order valence-electron chi connectivity index (χ0n) is 19.7. The Morgan fingerprint density at radius 2 is 1.64 bits per heavy atom. The molecule has 0 bridgehead atoms. The molecule has 4 atom stereocenters. The molecule has 5 rings (SSSR count). The molecule has 3 amide bonds. The minimum Gasteiger partial charge on any atom is -0.487 e. The van der Waals surface area contributed by atoms with Crippen LogP contribution >= 0.6 is 0 Å². The van der Waals surface area contributed by atoms with Crippen molar-refractivity contribution in [1.82, 2.24) is 5.32 Å². The van der Waals surface area contributed by atoms with E-state index in [9.17, 15) is 14.7 Å². The first-order chi connectivity index (χ1) is 17.6. The van der Waals surface area contributed by atoms with Crippen LogP contribution in [0.15, 0.2) is 78.9 Å². The molecule has 3 aromatic rings. The first-order valence-corrected chi connectivity index (χ1v) is 12.1. The SMILES string of the molecule is O=C(C[C@@H]1C[C@H]2c3cc(NC(=O)Nc4ccccc4)ccc3O[C@H]2[C@@H](CO)O1)NCc1ccccc1. The molecule has 2 aliphatic rings. The third kappa shape index (κ3) is 5.50. The number of urea groups is 1. The summed E-state index contributed by atoms with van der Waals surface area (Å²) in [5.74, 6) is 0.540. The van der Waals surface area contributed by atoms with Crippen LogP contribution in [0.25, 0.3) is 0 Å². The highest BCUT2D eigenvalue weighted by molar-refractivity contribution is 5.99. The van der Waals surface area contributed by atoms with Crippen molar-refractivity contribution in [2.45, 2.75) is 43.6 Å². The molecule has 0 unspecified atom stereocenters. The Balaban J connectivity index is 1.24. The fourth-order valence-electron chi connectivity index (χ4n) is 4.86. The molecular formula is C28H29N3O5. The number of fused-ring (bicyclic) bond motifs is 3. The number of carbonyl (C=O) groups excluding carboxylic acids is 2. The van der Waals surface area contributed by atoms with Gasteiger partial charge in [0, 0.05) is 29.4 Å². The van der Waals surface area contributed by atoms with Gasteiger partial charge in [0.25, 0.3) is 0 Å². The van der Waals surface area contributed by atoms with E-state index in [2.05, 4.69) is 16.0 Å². The van der Waals surface area contributed by atoms with Gasteiger partial charge in [-0.3, -0.25) is 4.79 Å². The summed E-state index contributed by atoms with van der Waals surface area (Å²) in [5, 5.41) is 18.6. The number of anilines is 2. The summed E-state index contributed by atoms with van der Waals surface area (Å²) in [4.78, 5) is 25.1. The molecule has 3 aromatic carbocycles. The number of rotatable bonds is 7. The van der Waals surface area contributed by atoms with E-state index >= 15 is 0 Å². The number of hydrogen-bond acceptors (Lipinski definition) is 5. The van der Waals surface area contributed by atoms with Crippen molar-refractivity contribution in [3.05, 3.63) is 90.0 Å². The van der Waals surface area contributed by atoms with Crippen molar-refractivity contribution in [3.8, 4) is 5.75 Å². The Hall–Kier alpha value is -3.88. The number of carbonyl (C=O) groups is 2. The van der Waals surface area contributed by atoms with E-state index in [0.29, 0.717) is 30.1 Å². The van der Waals surface area contributed by atoms with E-state index in [1.807, 2.05) is 72.8 Å². The molecule has 1 fully saturated rings. The van der Waals surface area contributed by atoms with Gasteiger partial charge in [-0.25, -0.2) is 4.79 Å². The Bertz CT molecular complexity index is 1200. The van der Waals surface area contributed by atoms with E-state index in [1.54, 1.807) is 6.07 Å². The highest BCUT2D eigenvalue weighted by Gasteiger charge is 2.46. The maximum atomic E-state index is 12.6. The van der Waals surface area contributed by atoms with Crippen molar-refractivity contribution >= 4 is 23.3 Å². The zero-order valence-corrected chi connectivity index (χ0v) is 19.7. The number of benzene rings is 3. The lowest BCUT2D eigenvalue weighted by Crippen LogP contribution is -2.47. The molecule has 0 aliphatic carbocycles. The van der Waals surface area contributed by atoms with Crippen LogP contribution in [0.5, 0.6) is 5.75 Å². The van der Waals surface area contributed by atoms with Crippen LogP contribution in [0.3, 0.4) is 0 Å². The quantitative estimate of drug-likeness (QED) is 0.402. The van der Waals surface area contributed by atoms with Gasteiger partial charge in [-0.15, -0.1) is 0 Å². The molecule has 8 nitrogen and oxygen atoms in total. The smallest absolute Gasteiger partial charge is 0.323 e. The van der Waals surface area contributed by atoms with Crippen LogP contribution in [0, 0.1) is 0 Å². The molecule has 186 valence electrons. The highest BCUT2D eigenvalue weighted by atomic mass is 16.6. The number of amides is 3. The lowest BCUT2D eigenvalue weighted by molar-refractivity contribution is -0.142. The summed E-state index contributed by atoms with van der Waals surface area (Å²) in [6, 6.07) is 24.1. The van der Waals surface area contributed by atoms with Crippen molar-refractivity contribution in [3.63, 3.8) is 0 Å². The largest absolute Gasteiger partial charge is 0.487 e. The Morgan fingerprint density at radius 3 is 2.39 bits per heavy atom. The second kappa shape index (κ2) is 10.8. The summed E-state index contributed by atoms with van der Waals surface area (Å²) in [6.07, 6.45) is -0.471. The van der Waals surface area contributed by atoms with Crippen LogP contribution in [0.4, 0.5) is 16.2 Å². The van der Waals surface area contributed by atoms with E-state index < -0.39 is 6.10 Å². The molecule has 8 heteroatoms. The van der Waals surface area contributed by atoms with Crippen LogP contribution < -0.4 is 20.7 Å². The number of aliphatic hydroxyl groups excluding tert-OH is 1. The third-order valence-corrected chi connectivity index (χ3v) is 6.53. The fourth-order valence-corrected chi connectivity index (χ4v) is 4.86. The molecule has 0 radical (unpaired) electrons. The first kappa shape index (κ1) is 23.8. The minimum atomic E-state index is -0.541. The van der Waals surface area contributed by atoms with Gasteiger partial charge in [0.2, 0.25) is 5.91 Å². The van der Waals surface area contributed by atoms with Crippen LogP contribution in [-0.2, 0) is 16.1 Å². The predicted molar refractivity (Wildman–Crippen MR) is 136 cm³/mol. The summed E-state index contributed by atoms with van der Waals surface area (Å²) >= 11 is 0. The van der Waals surface area contributed by atoms with Crippen molar-refractivity contribution in [2.24, 2.45) is 0 Å². The van der Waals surface area contributed by atoms with Gasteiger partial charge in [0.1, 0.15) is 18.0 Å². The van der Waals surface area contributed by atoms with Gasteiger partial charge in [-0.1, -0.05) is 48.5 Å². The second-order valence-corrected chi connectivity index (χ2v) is 9.07.